The summed E-state index contributed by atoms with van der Waals surface area (Å²) in [6, 6.07) is 7.46. The normalized spacial score (nSPS) is 30.7. The maximum atomic E-state index is 12.8. The number of hydrogen-bond acceptors (Lipinski definition) is 7. The molecule has 2 aromatic rings. The number of pyridine rings is 1. The number of carbonyl (C=O) groups is 1. The molecule has 144 valence electrons. The number of anilines is 1. The van der Waals surface area contributed by atoms with Gasteiger partial charge in [-0.2, -0.15) is 0 Å². The van der Waals surface area contributed by atoms with Gasteiger partial charge in [-0.1, -0.05) is 18.2 Å². The van der Waals surface area contributed by atoms with Gasteiger partial charge in [0.25, 0.3) is 5.91 Å². The van der Waals surface area contributed by atoms with Gasteiger partial charge in [-0.15, -0.1) is 0 Å². The number of aliphatic hydroxyl groups excluding tert-OH is 4. The molecule has 1 saturated heterocycles. The van der Waals surface area contributed by atoms with E-state index in [0.29, 0.717) is 5.69 Å². The van der Waals surface area contributed by atoms with E-state index in [0.717, 1.165) is 47.8 Å². The number of fused-ring (bicyclic) bond motifs is 2. The topological polar surface area (TPSA) is 132 Å². The first-order valence-corrected chi connectivity index (χ1v) is 9.06. The van der Waals surface area contributed by atoms with Crippen LogP contribution < -0.4 is 5.32 Å². The number of nitrogens with zero attached hydrogens (tertiary/aromatic N) is 1. The number of aryl methyl sites for hydroxylation is 1. The van der Waals surface area contributed by atoms with E-state index in [4.69, 9.17) is 9.72 Å². The molecule has 1 unspecified atom stereocenters. The van der Waals surface area contributed by atoms with Gasteiger partial charge < -0.3 is 30.5 Å². The average molecular weight is 374 g/mol. The van der Waals surface area contributed by atoms with Gasteiger partial charge in [0, 0.05) is 11.1 Å². The summed E-state index contributed by atoms with van der Waals surface area (Å²) >= 11 is 0. The molecule has 1 aromatic carbocycles. The van der Waals surface area contributed by atoms with Crippen LogP contribution in [0.3, 0.4) is 0 Å². The highest BCUT2D eigenvalue weighted by Crippen LogP contribution is 2.34. The molecule has 0 spiro atoms. The van der Waals surface area contributed by atoms with E-state index in [1.807, 2.05) is 24.3 Å². The summed E-state index contributed by atoms with van der Waals surface area (Å²) in [5, 5.41) is 42.8. The Morgan fingerprint density at radius 2 is 1.78 bits per heavy atom. The molecule has 1 aliphatic heterocycles. The zero-order valence-corrected chi connectivity index (χ0v) is 14.6. The van der Waals surface area contributed by atoms with Gasteiger partial charge in [0.2, 0.25) is 0 Å². The van der Waals surface area contributed by atoms with E-state index in [1.165, 1.54) is 0 Å². The van der Waals surface area contributed by atoms with Crippen molar-refractivity contribution in [3.05, 3.63) is 35.5 Å². The highest BCUT2D eigenvalue weighted by Gasteiger charge is 2.46. The molecule has 8 heteroatoms. The highest BCUT2D eigenvalue weighted by molar-refractivity contribution is 6.04. The first-order valence-electron chi connectivity index (χ1n) is 9.06. The minimum Gasteiger partial charge on any atom is -0.387 e. The van der Waals surface area contributed by atoms with Gasteiger partial charge in [-0.05, 0) is 37.3 Å². The van der Waals surface area contributed by atoms with Crippen LogP contribution in [0.15, 0.2) is 24.3 Å². The van der Waals surface area contributed by atoms with Crippen LogP contribution in [-0.4, -0.2) is 62.0 Å². The van der Waals surface area contributed by atoms with Crippen molar-refractivity contribution in [3.63, 3.8) is 0 Å². The number of benzene rings is 1. The number of rotatable bonds is 2. The third-order valence-corrected chi connectivity index (χ3v) is 5.26. The zero-order chi connectivity index (χ0) is 19.1. The van der Waals surface area contributed by atoms with E-state index in [1.54, 1.807) is 0 Å². The van der Waals surface area contributed by atoms with E-state index in [9.17, 15) is 25.2 Å². The molecule has 5 N–H and O–H groups in total. The largest absolute Gasteiger partial charge is 0.387 e. The Hall–Kier alpha value is -2.10. The number of aromatic nitrogens is 1. The minimum absolute atomic E-state index is 0.617. The molecule has 1 aliphatic carbocycles. The smallest absolute Gasteiger partial charge is 0.256 e. The summed E-state index contributed by atoms with van der Waals surface area (Å²) in [5.41, 5.74) is 3.27. The molecule has 2 aliphatic rings. The van der Waals surface area contributed by atoms with Crippen LogP contribution in [0.1, 0.15) is 24.1 Å². The number of amides is 1. The van der Waals surface area contributed by atoms with Crippen molar-refractivity contribution in [2.24, 2.45) is 0 Å². The number of ether oxygens (including phenoxy) is 1. The van der Waals surface area contributed by atoms with Gasteiger partial charge >= 0.3 is 0 Å². The second-order valence-corrected chi connectivity index (χ2v) is 7.04. The Morgan fingerprint density at radius 3 is 2.59 bits per heavy atom. The summed E-state index contributed by atoms with van der Waals surface area (Å²) in [5.74, 6) is -0.698. The Labute approximate surface area is 155 Å². The Morgan fingerprint density at radius 1 is 1.04 bits per heavy atom. The summed E-state index contributed by atoms with van der Waals surface area (Å²) < 4.78 is 5.04. The molecule has 8 nitrogen and oxygen atoms in total. The number of nitrogens with one attached hydrogen (secondary N) is 1. The molecule has 0 radical (unpaired) electrons. The molecule has 0 bridgehead atoms. The molecular formula is C19H22N2O6. The van der Waals surface area contributed by atoms with Gasteiger partial charge in [-0.3, -0.25) is 9.78 Å². The van der Waals surface area contributed by atoms with Crippen LogP contribution in [0.2, 0.25) is 0 Å². The number of para-hydroxylation sites is 1. The summed E-state index contributed by atoms with van der Waals surface area (Å²) in [6.45, 7) is 0. The lowest BCUT2D eigenvalue weighted by Gasteiger charge is -2.37. The SMILES string of the molecule is O=C(Nc1c2c(nc3ccccc13)CCCC2)[C@H]1OC(O)[C@H](O)[C@@H](O)[C@@H]1O. The van der Waals surface area contributed by atoms with Crippen molar-refractivity contribution in [2.45, 2.75) is 56.4 Å². The lowest BCUT2D eigenvalue weighted by molar-refractivity contribution is -0.274. The standard InChI is InChI=1S/C19H22N2O6/c22-14-15(23)17(27-19(26)16(14)24)18(25)21-13-9-5-1-3-7-11(9)20-12-8-4-2-6-10(12)13/h1,3,5,7,14-17,19,22-24,26H,2,4,6,8H2,(H,20,21,25)/t14-,15-,16+,17-,19?/m0/s1. The number of aliphatic hydroxyl groups is 4. The summed E-state index contributed by atoms with van der Waals surface area (Å²) in [4.78, 5) is 17.5. The second kappa shape index (κ2) is 7.14. The van der Waals surface area contributed by atoms with Crippen molar-refractivity contribution in [3.8, 4) is 0 Å². The van der Waals surface area contributed by atoms with Gasteiger partial charge in [0.15, 0.2) is 12.4 Å². The minimum atomic E-state index is -1.76. The fourth-order valence-corrected chi connectivity index (χ4v) is 3.79. The maximum absolute atomic E-state index is 12.8. The fraction of sp³-hybridized carbons (Fsp3) is 0.474. The van der Waals surface area contributed by atoms with Crippen LogP contribution >= 0.6 is 0 Å². The maximum Gasteiger partial charge on any atom is 0.256 e. The zero-order valence-electron chi connectivity index (χ0n) is 14.6. The molecule has 1 amide bonds. The van der Waals surface area contributed by atoms with Crippen molar-refractivity contribution in [1.29, 1.82) is 0 Å². The third kappa shape index (κ3) is 3.19. The Balaban J connectivity index is 1.70. The Bertz CT molecular complexity index is 873. The summed E-state index contributed by atoms with van der Waals surface area (Å²) in [7, 11) is 0. The number of carbonyl (C=O) groups excluding carboxylic acids is 1. The molecular weight excluding hydrogens is 352 g/mol. The van der Waals surface area contributed by atoms with E-state index in [-0.39, 0.29) is 0 Å². The van der Waals surface area contributed by atoms with Crippen molar-refractivity contribution in [2.75, 3.05) is 5.32 Å². The average Bonchev–Trinajstić information content (AvgIpc) is 2.68. The van der Waals surface area contributed by atoms with Gasteiger partial charge in [0.05, 0.1) is 11.2 Å². The lowest BCUT2D eigenvalue weighted by atomic mass is 9.92. The first-order chi connectivity index (χ1) is 13.0. The van der Waals surface area contributed by atoms with E-state index >= 15 is 0 Å². The number of hydrogen-bond donors (Lipinski definition) is 5. The third-order valence-electron chi connectivity index (χ3n) is 5.26. The molecule has 4 rings (SSSR count). The van der Waals surface area contributed by atoms with E-state index < -0.39 is 36.6 Å². The van der Waals surface area contributed by atoms with Crippen LogP contribution in [0.5, 0.6) is 0 Å². The van der Waals surface area contributed by atoms with Crippen LogP contribution in [-0.2, 0) is 22.4 Å². The van der Waals surface area contributed by atoms with Crippen LogP contribution in [0.4, 0.5) is 5.69 Å². The second-order valence-electron chi connectivity index (χ2n) is 7.04. The quantitative estimate of drug-likeness (QED) is 0.494. The molecule has 5 atom stereocenters. The van der Waals surface area contributed by atoms with Crippen molar-refractivity contribution in [1.82, 2.24) is 4.98 Å². The van der Waals surface area contributed by atoms with Crippen molar-refractivity contribution >= 4 is 22.5 Å². The first kappa shape index (κ1) is 18.3. The molecule has 0 saturated carbocycles. The lowest BCUT2D eigenvalue weighted by Crippen LogP contribution is -2.60. The monoisotopic (exact) mass is 374 g/mol. The fourth-order valence-electron chi connectivity index (χ4n) is 3.79. The predicted molar refractivity (Wildman–Crippen MR) is 95.9 cm³/mol. The van der Waals surface area contributed by atoms with Crippen LogP contribution in [0.25, 0.3) is 10.9 Å². The highest BCUT2D eigenvalue weighted by atomic mass is 16.6. The Kier molecular flexibility index (Phi) is 4.83. The molecule has 27 heavy (non-hydrogen) atoms. The predicted octanol–water partition coefficient (Wildman–Crippen LogP) is -0.148. The molecule has 1 fully saturated rings. The molecule has 1 aromatic heterocycles. The van der Waals surface area contributed by atoms with Gasteiger partial charge in [0.1, 0.15) is 18.3 Å². The molecule has 2 heterocycles. The van der Waals surface area contributed by atoms with Crippen molar-refractivity contribution < 1.29 is 30.0 Å². The summed E-state index contributed by atoms with van der Waals surface area (Å²) in [6.07, 6.45) is -4.67. The van der Waals surface area contributed by atoms with E-state index in [2.05, 4.69) is 5.32 Å². The van der Waals surface area contributed by atoms with Gasteiger partial charge in [-0.25, -0.2) is 0 Å². The van der Waals surface area contributed by atoms with Crippen LogP contribution in [0, 0.1) is 0 Å².